The van der Waals surface area contributed by atoms with Gasteiger partial charge >= 0.3 is 12.3 Å². The summed E-state index contributed by atoms with van der Waals surface area (Å²) in [7, 11) is -1.95. The lowest BCUT2D eigenvalue weighted by atomic mass is 10.1. The first kappa shape index (κ1) is 27.9. The topological polar surface area (TPSA) is 56.8 Å². The van der Waals surface area contributed by atoms with E-state index in [9.17, 15) is 18.0 Å². The lowest BCUT2D eigenvalue weighted by Gasteiger charge is -2.36. The van der Waals surface area contributed by atoms with Crippen LogP contribution in [0, 0.1) is 11.8 Å². The molecule has 1 N–H and O–H groups in total. The highest BCUT2D eigenvalue weighted by Gasteiger charge is 2.37. The minimum absolute atomic E-state index is 0.0408. The summed E-state index contributed by atoms with van der Waals surface area (Å²) in [4.78, 5) is 11.7. The summed E-state index contributed by atoms with van der Waals surface area (Å²) in [5.41, 5.74) is -1.41. The second kappa shape index (κ2) is 10.6. The van der Waals surface area contributed by atoms with Crippen molar-refractivity contribution in [3.8, 4) is 17.6 Å². The van der Waals surface area contributed by atoms with Crippen molar-refractivity contribution < 1.29 is 31.9 Å². The van der Waals surface area contributed by atoms with Gasteiger partial charge < -0.3 is 19.2 Å². The Labute approximate surface area is 190 Å². The molecule has 1 aromatic carbocycles. The summed E-state index contributed by atoms with van der Waals surface area (Å²) in [6.07, 6.45) is -5.16. The number of alkyl carbamates (subject to hydrolysis) is 1. The molecular weight excluding hydrogens is 439 g/mol. The highest BCUT2D eigenvalue weighted by atomic mass is 28.4. The molecule has 0 aliphatic rings. The van der Waals surface area contributed by atoms with E-state index in [4.69, 9.17) is 13.9 Å². The fourth-order valence-corrected chi connectivity index (χ4v) is 3.19. The smallest absolute Gasteiger partial charge is 0.416 e. The number of halogens is 3. The highest BCUT2D eigenvalue weighted by molar-refractivity contribution is 6.74. The fourth-order valence-electron chi connectivity index (χ4n) is 2.16. The number of hydrogen-bond donors (Lipinski definition) is 1. The van der Waals surface area contributed by atoms with Crippen molar-refractivity contribution in [1.29, 1.82) is 0 Å². The summed E-state index contributed by atoms with van der Waals surface area (Å²) in [5, 5.41) is 2.48. The molecule has 0 heterocycles. The number of alkyl halides is 3. The van der Waals surface area contributed by atoms with E-state index in [0.29, 0.717) is 6.61 Å². The van der Waals surface area contributed by atoms with Crippen LogP contribution in [0.25, 0.3) is 0 Å². The van der Waals surface area contributed by atoms with Gasteiger partial charge in [-0.05, 0) is 57.1 Å². The molecule has 0 spiro atoms. The van der Waals surface area contributed by atoms with E-state index in [1.165, 1.54) is 6.07 Å². The van der Waals surface area contributed by atoms with Crippen LogP contribution < -0.4 is 10.1 Å². The molecule has 1 aromatic rings. The molecule has 0 fully saturated rings. The number of carbonyl (C=O) groups excluding carboxylic acids is 1. The Morgan fingerprint density at radius 1 is 1.06 bits per heavy atom. The lowest BCUT2D eigenvalue weighted by Crippen LogP contribution is -2.41. The quantitative estimate of drug-likeness (QED) is 0.314. The van der Waals surface area contributed by atoms with Crippen LogP contribution in [-0.4, -0.2) is 39.8 Å². The average Bonchev–Trinajstić information content (AvgIpc) is 2.59. The minimum atomic E-state index is -4.50. The highest BCUT2D eigenvalue weighted by Crippen LogP contribution is 2.36. The van der Waals surface area contributed by atoms with Gasteiger partial charge in [-0.25, -0.2) is 4.79 Å². The summed E-state index contributed by atoms with van der Waals surface area (Å²) in [6, 6.07) is 3.14. The SMILES string of the molecule is CC(C)(C)OC(=O)NCC#Cc1cc(C(F)(F)F)ccc1OCCO[Si](C)(C)C(C)(C)C. The number of benzene rings is 1. The van der Waals surface area contributed by atoms with Crippen molar-refractivity contribution in [3.63, 3.8) is 0 Å². The predicted molar refractivity (Wildman–Crippen MR) is 121 cm³/mol. The third-order valence-corrected chi connectivity index (χ3v) is 9.40. The first-order chi connectivity index (χ1) is 14.4. The third-order valence-electron chi connectivity index (χ3n) is 4.86. The van der Waals surface area contributed by atoms with Crippen molar-refractivity contribution in [2.45, 2.75) is 71.5 Å². The molecule has 0 bridgehead atoms. The first-order valence-corrected chi connectivity index (χ1v) is 13.3. The first-order valence-electron chi connectivity index (χ1n) is 10.4. The van der Waals surface area contributed by atoms with Crippen LogP contribution >= 0.6 is 0 Å². The van der Waals surface area contributed by atoms with E-state index >= 15 is 0 Å². The molecular formula is C23H34F3NO4Si. The van der Waals surface area contributed by atoms with E-state index in [1.54, 1.807) is 20.8 Å². The van der Waals surface area contributed by atoms with Gasteiger partial charge in [0.15, 0.2) is 8.32 Å². The average molecular weight is 474 g/mol. The van der Waals surface area contributed by atoms with Crippen molar-refractivity contribution >= 4 is 14.4 Å². The molecule has 0 atom stereocenters. The Morgan fingerprint density at radius 3 is 2.22 bits per heavy atom. The molecule has 0 aliphatic heterocycles. The van der Waals surface area contributed by atoms with Crippen molar-refractivity contribution in [2.24, 2.45) is 0 Å². The summed E-state index contributed by atoms with van der Waals surface area (Å²) < 4.78 is 56.2. The molecule has 1 amide bonds. The molecule has 0 saturated carbocycles. The monoisotopic (exact) mass is 473 g/mol. The Hall–Kier alpha value is -2.18. The number of hydrogen-bond acceptors (Lipinski definition) is 4. The standard InChI is InChI=1S/C23H34F3NO4Si/c1-21(2,3)31-20(28)27-13-9-10-17-16-18(23(24,25)26)11-12-19(17)29-14-15-30-32(7,8)22(4,5)6/h11-12,16H,13-15H2,1-8H3,(H,27,28). The number of carbonyl (C=O) groups is 1. The number of ether oxygens (including phenoxy) is 2. The van der Waals surface area contributed by atoms with Gasteiger partial charge in [-0.2, -0.15) is 13.2 Å². The molecule has 180 valence electrons. The number of rotatable bonds is 6. The summed E-state index contributed by atoms with van der Waals surface area (Å²) in [5.74, 6) is 5.51. The van der Waals surface area contributed by atoms with Crippen LogP contribution in [0.3, 0.4) is 0 Å². The van der Waals surface area contributed by atoms with Crippen molar-refractivity contribution in [1.82, 2.24) is 5.32 Å². The Balaban J connectivity index is 2.87. The number of nitrogens with one attached hydrogen (secondary N) is 1. The maximum atomic E-state index is 13.1. The molecule has 5 nitrogen and oxygen atoms in total. The summed E-state index contributed by atoms with van der Waals surface area (Å²) in [6.45, 7) is 16.2. The van der Waals surface area contributed by atoms with E-state index in [2.05, 4.69) is 51.0 Å². The van der Waals surface area contributed by atoms with E-state index in [0.717, 1.165) is 12.1 Å². The molecule has 32 heavy (non-hydrogen) atoms. The van der Waals surface area contributed by atoms with Gasteiger partial charge in [-0.15, -0.1) is 0 Å². The van der Waals surface area contributed by atoms with Crippen LogP contribution in [0.5, 0.6) is 5.75 Å². The summed E-state index contributed by atoms with van der Waals surface area (Å²) >= 11 is 0. The van der Waals surface area contributed by atoms with Gasteiger partial charge in [0, 0.05) is 0 Å². The maximum Gasteiger partial charge on any atom is 0.416 e. The zero-order valence-corrected chi connectivity index (χ0v) is 21.1. The Kier molecular flexibility index (Phi) is 9.24. The largest absolute Gasteiger partial charge is 0.490 e. The van der Waals surface area contributed by atoms with Gasteiger partial charge in [0.25, 0.3) is 0 Å². The molecule has 0 aromatic heterocycles. The van der Waals surface area contributed by atoms with Gasteiger partial charge in [0.05, 0.1) is 24.3 Å². The second-order valence-corrected chi connectivity index (χ2v) is 14.6. The van der Waals surface area contributed by atoms with Crippen molar-refractivity contribution in [3.05, 3.63) is 29.3 Å². The van der Waals surface area contributed by atoms with E-state index in [1.807, 2.05) is 0 Å². The molecule has 0 saturated heterocycles. The molecule has 1 rings (SSSR count). The molecule has 9 heteroatoms. The fraction of sp³-hybridized carbons (Fsp3) is 0.609. The maximum absolute atomic E-state index is 13.1. The van der Waals surface area contributed by atoms with Crippen LogP contribution in [0.15, 0.2) is 18.2 Å². The van der Waals surface area contributed by atoms with E-state index in [-0.39, 0.29) is 29.5 Å². The lowest BCUT2D eigenvalue weighted by molar-refractivity contribution is -0.137. The van der Waals surface area contributed by atoms with Crippen LogP contribution in [0.2, 0.25) is 18.1 Å². The Morgan fingerprint density at radius 2 is 1.69 bits per heavy atom. The van der Waals surface area contributed by atoms with Gasteiger partial charge in [-0.1, -0.05) is 32.6 Å². The van der Waals surface area contributed by atoms with Crippen LogP contribution in [-0.2, 0) is 15.3 Å². The number of amides is 1. The normalized spacial score (nSPS) is 12.6. The van der Waals surface area contributed by atoms with Gasteiger partial charge in [0.1, 0.15) is 18.0 Å². The molecule has 0 radical (unpaired) electrons. The van der Waals surface area contributed by atoms with Gasteiger partial charge in [0.2, 0.25) is 0 Å². The molecule has 0 unspecified atom stereocenters. The molecule has 0 aliphatic carbocycles. The Bertz CT molecular complexity index is 844. The van der Waals surface area contributed by atoms with E-state index < -0.39 is 31.8 Å². The zero-order chi connectivity index (χ0) is 24.8. The minimum Gasteiger partial charge on any atom is -0.490 e. The third kappa shape index (κ3) is 9.53. The predicted octanol–water partition coefficient (Wildman–Crippen LogP) is 5.98. The second-order valence-electron chi connectivity index (χ2n) is 9.82. The van der Waals surface area contributed by atoms with Gasteiger partial charge in [-0.3, -0.25) is 0 Å². The van der Waals surface area contributed by atoms with Crippen LogP contribution in [0.1, 0.15) is 52.7 Å². The zero-order valence-electron chi connectivity index (χ0n) is 20.1. The van der Waals surface area contributed by atoms with Crippen molar-refractivity contribution in [2.75, 3.05) is 19.8 Å². The van der Waals surface area contributed by atoms with Crippen LogP contribution in [0.4, 0.5) is 18.0 Å².